The molecule has 1 aromatic carbocycles. The maximum atomic E-state index is 12.2. The summed E-state index contributed by atoms with van der Waals surface area (Å²) in [7, 11) is 0. The Bertz CT molecular complexity index is 779. The van der Waals surface area contributed by atoms with Crippen LogP contribution >= 0.6 is 23.6 Å². The predicted octanol–water partition coefficient (Wildman–Crippen LogP) is 4.26. The van der Waals surface area contributed by atoms with Crippen LogP contribution in [0.2, 0.25) is 0 Å². The lowest BCUT2D eigenvalue weighted by atomic mass is 10.3. The number of hydrogen-bond acceptors (Lipinski definition) is 4. The minimum absolute atomic E-state index is 0.0986. The molecule has 3 aromatic rings. The summed E-state index contributed by atoms with van der Waals surface area (Å²) in [6.07, 6.45) is 0. The number of thiophene rings is 1. The normalized spacial score (nSPS) is 11.0. The highest BCUT2D eigenvalue weighted by atomic mass is 32.1. The largest absolute Gasteiger partial charge is 0.435 e. The summed E-state index contributed by atoms with van der Waals surface area (Å²) in [6.45, 7) is -2.84. The molecule has 0 amide bonds. The van der Waals surface area contributed by atoms with Gasteiger partial charge in [-0.15, -0.1) is 11.3 Å². The van der Waals surface area contributed by atoms with E-state index in [1.165, 1.54) is 23.5 Å². The zero-order valence-electron chi connectivity index (χ0n) is 10.5. The van der Waals surface area contributed by atoms with Crippen LogP contribution in [0.5, 0.6) is 5.75 Å². The summed E-state index contributed by atoms with van der Waals surface area (Å²) in [5.74, 6) is 0.777. The molecule has 4 nitrogen and oxygen atoms in total. The van der Waals surface area contributed by atoms with E-state index in [2.05, 4.69) is 14.9 Å². The third-order valence-corrected chi connectivity index (χ3v) is 3.87. The summed E-state index contributed by atoms with van der Waals surface area (Å²) in [6, 6.07) is 10.1. The molecular formula is C13H9F2N3OS2. The summed E-state index contributed by atoms with van der Waals surface area (Å²) in [4.78, 5) is 0.954. The number of hydrogen-bond donors (Lipinski definition) is 1. The highest BCUT2D eigenvalue weighted by Gasteiger charge is 2.12. The first-order valence-corrected chi connectivity index (χ1v) is 7.20. The maximum absolute atomic E-state index is 12.2. The van der Waals surface area contributed by atoms with Crippen LogP contribution in [0, 0.1) is 4.77 Å². The number of halogens is 2. The average Bonchev–Trinajstić information content (AvgIpc) is 3.08. The molecule has 0 aliphatic rings. The van der Waals surface area contributed by atoms with Gasteiger partial charge in [0, 0.05) is 0 Å². The second-order valence-corrected chi connectivity index (χ2v) is 5.37. The van der Waals surface area contributed by atoms with E-state index in [9.17, 15) is 8.78 Å². The van der Waals surface area contributed by atoms with E-state index >= 15 is 0 Å². The van der Waals surface area contributed by atoms with Crippen molar-refractivity contribution in [3.05, 3.63) is 46.5 Å². The van der Waals surface area contributed by atoms with Crippen molar-refractivity contribution < 1.29 is 13.5 Å². The fourth-order valence-corrected chi connectivity index (χ4v) is 2.82. The highest BCUT2D eigenvalue weighted by Crippen LogP contribution is 2.26. The molecule has 108 valence electrons. The van der Waals surface area contributed by atoms with Gasteiger partial charge >= 0.3 is 6.61 Å². The van der Waals surface area contributed by atoms with Crippen LogP contribution in [-0.4, -0.2) is 21.4 Å². The summed E-state index contributed by atoms with van der Waals surface area (Å²) in [5, 5.41) is 8.89. The van der Waals surface area contributed by atoms with Crippen molar-refractivity contribution >= 4 is 23.6 Å². The number of H-pyrrole nitrogens is 1. The molecular weight excluding hydrogens is 316 g/mol. The SMILES string of the molecule is FC(F)Oc1ccc(-n2c(-c3cccs3)n[nH]c2=S)cc1. The number of nitrogens with one attached hydrogen (secondary N) is 1. The molecule has 0 saturated carbocycles. The average molecular weight is 325 g/mol. The molecule has 0 aliphatic carbocycles. The first-order chi connectivity index (χ1) is 10.1. The van der Waals surface area contributed by atoms with Crippen LogP contribution in [0.1, 0.15) is 0 Å². The Labute approximate surface area is 127 Å². The van der Waals surface area contributed by atoms with Gasteiger partial charge in [0.1, 0.15) is 5.75 Å². The van der Waals surface area contributed by atoms with Crippen molar-refractivity contribution in [3.63, 3.8) is 0 Å². The molecule has 3 rings (SSSR count). The number of aromatic nitrogens is 3. The molecule has 0 atom stereocenters. The fraction of sp³-hybridized carbons (Fsp3) is 0.0769. The lowest BCUT2D eigenvalue weighted by Gasteiger charge is -2.08. The van der Waals surface area contributed by atoms with Crippen LogP contribution in [0.3, 0.4) is 0 Å². The standard InChI is InChI=1S/C13H9F2N3OS2/c14-12(15)19-9-5-3-8(4-6-9)18-11(16-17-13(18)20)10-2-1-7-21-10/h1-7,12H,(H,17,20). The van der Waals surface area contributed by atoms with Crippen molar-refractivity contribution in [1.82, 2.24) is 14.8 Å². The van der Waals surface area contributed by atoms with Gasteiger partial charge in [0.15, 0.2) is 10.6 Å². The summed E-state index contributed by atoms with van der Waals surface area (Å²) in [5.41, 5.74) is 0.721. The number of benzene rings is 1. The van der Waals surface area contributed by atoms with E-state index in [1.807, 2.05) is 17.5 Å². The van der Waals surface area contributed by atoms with Crippen LogP contribution in [0.4, 0.5) is 8.78 Å². The molecule has 0 aliphatic heterocycles. The molecule has 2 aromatic heterocycles. The van der Waals surface area contributed by atoms with Gasteiger partial charge in [-0.25, -0.2) is 0 Å². The molecule has 0 spiro atoms. The van der Waals surface area contributed by atoms with E-state index < -0.39 is 6.61 Å². The Morgan fingerprint density at radius 2 is 2.00 bits per heavy atom. The van der Waals surface area contributed by atoms with Gasteiger partial charge in [-0.05, 0) is 47.9 Å². The van der Waals surface area contributed by atoms with Gasteiger partial charge in [-0.2, -0.15) is 13.9 Å². The van der Waals surface area contributed by atoms with Gasteiger partial charge in [-0.3, -0.25) is 9.67 Å². The van der Waals surface area contributed by atoms with E-state index in [4.69, 9.17) is 12.2 Å². The lowest BCUT2D eigenvalue weighted by Crippen LogP contribution is -2.02. The first kappa shape index (κ1) is 13.9. The number of nitrogens with zero attached hydrogens (tertiary/aromatic N) is 2. The smallest absolute Gasteiger partial charge is 0.387 e. The van der Waals surface area contributed by atoms with E-state index in [1.54, 1.807) is 16.7 Å². The molecule has 0 saturated heterocycles. The first-order valence-electron chi connectivity index (χ1n) is 5.91. The van der Waals surface area contributed by atoms with Gasteiger partial charge < -0.3 is 4.74 Å². The molecule has 1 N–H and O–H groups in total. The van der Waals surface area contributed by atoms with Crippen molar-refractivity contribution in [2.75, 3.05) is 0 Å². The third-order valence-electron chi connectivity index (χ3n) is 2.73. The van der Waals surface area contributed by atoms with E-state index in [0.29, 0.717) is 10.6 Å². The Morgan fingerprint density at radius 3 is 2.62 bits per heavy atom. The second kappa shape index (κ2) is 5.74. The van der Waals surface area contributed by atoms with Crippen molar-refractivity contribution in [1.29, 1.82) is 0 Å². The number of alkyl halides is 2. The van der Waals surface area contributed by atoms with Crippen molar-refractivity contribution in [2.45, 2.75) is 6.61 Å². The second-order valence-electron chi connectivity index (χ2n) is 4.04. The molecule has 0 radical (unpaired) electrons. The summed E-state index contributed by atoms with van der Waals surface area (Å²) >= 11 is 6.77. The molecule has 0 fully saturated rings. The number of rotatable bonds is 4. The van der Waals surface area contributed by atoms with E-state index in [0.717, 1.165) is 10.6 Å². The van der Waals surface area contributed by atoms with Crippen LogP contribution in [0.15, 0.2) is 41.8 Å². The lowest BCUT2D eigenvalue weighted by molar-refractivity contribution is -0.0498. The zero-order chi connectivity index (χ0) is 14.8. The van der Waals surface area contributed by atoms with Gasteiger partial charge in [0.2, 0.25) is 0 Å². The van der Waals surface area contributed by atoms with Crippen LogP contribution in [0.25, 0.3) is 16.4 Å². The molecule has 21 heavy (non-hydrogen) atoms. The van der Waals surface area contributed by atoms with Crippen LogP contribution in [-0.2, 0) is 0 Å². The Balaban J connectivity index is 2.01. The third kappa shape index (κ3) is 2.86. The fourth-order valence-electron chi connectivity index (χ4n) is 1.88. The van der Waals surface area contributed by atoms with Crippen LogP contribution < -0.4 is 4.74 Å². The highest BCUT2D eigenvalue weighted by molar-refractivity contribution is 7.71. The van der Waals surface area contributed by atoms with Gasteiger partial charge in [-0.1, -0.05) is 6.07 Å². The van der Waals surface area contributed by atoms with Crippen molar-refractivity contribution in [2.24, 2.45) is 0 Å². The quantitative estimate of drug-likeness (QED) is 0.729. The minimum Gasteiger partial charge on any atom is -0.435 e. The molecule has 2 heterocycles. The Hall–Kier alpha value is -2.06. The summed E-state index contributed by atoms with van der Waals surface area (Å²) < 4.78 is 30.8. The predicted molar refractivity (Wildman–Crippen MR) is 78.7 cm³/mol. The molecule has 0 unspecified atom stereocenters. The topological polar surface area (TPSA) is 42.8 Å². The molecule has 8 heteroatoms. The number of aromatic amines is 1. The van der Waals surface area contributed by atoms with Gasteiger partial charge in [0.25, 0.3) is 0 Å². The monoisotopic (exact) mass is 325 g/mol. The Morgan fingerprint density at radius 1 is 1.24 bits per heavy atom. The van der Waals surface area contributed by atoms with E-state index in [-0.39, 0.29) is 5.75 Å². The van der Waals surface area contributed by atoms with Gasteiger partial charge in [0.05, 0.1) is 10.6 Å². The number of ether oxygens (including phenoxy) is 1. The van der Waals surface area contributed by atoms with Crippen molar-refractivity contribution in [3.8, 4) is 22.1 Å². The molecule has 0 bridgehead atoms. The zero-order valence-corrected chi connectivity index (χ0v) is 12.1. The maximum Gasteiger partial charge on any atom is 0.387 e. The Kier molecular flexibility index (Phi) is 3.80. The minimum atomic E-state index is -2.84.